The summed E-state index contributed by atoms with van der Waals surface area (Å²) in [6.07, 6.45) is 2.87. The van der Waals surface area contributed by atoms with Crippen LogP contribution in [0.2, 0.25) is 5.02 Å². The number of anilines is 1. The second-order valence-corrected chi connectivity index (χ2v) is 6.31. The Morgan fingerprint density at radius 2 is 1.90 bits per heavy atom. The number of nitrogens with one attached hydrogen (secondary N) is 1. The quantitative estimate of drug-likeness (QED) is 0.900. The average Bonchev–Trinajstić information content (AvgIpc) is 2.41. The third-order valence-electron chi connectivity index (χ3n) is 2.78. The molecule has 8 heteroatoms. The number of aromatic carboxylic acids is 1. The number of benzene rings is 1. The van der Waals surface area contributed by atoms with Crippen LogP contribution in [0, 0.1) is 6.92 Å². The normalized spacial score (nSPS) is 11.1. The van der Waals surface area contributed by atoms with E-state index in [1.165, 1.54) is 43.6 Å². The summed E-state index contributed by atoms with van der Waals surface area (Å²) >= 11 is 5.81. The molecule has 0 aliphatic heterocycles. The molecule has 1 heterocycles. The fraction of sp³-hybridized carbons (Fsp3) is 0.0769. The van der Waals surface area contributed by atoms with E-state index in [1.54, 1.807) is 0 Å². The zero-order valence-corrected chi connectivity index (χ0v) is 12.4. The highest BCUT2D eigenvalue weighted by Gasteiger charge is 2.22. The zero-order valence-electron chi connectivity index (χ0n) is 10.9. The van der Waals surface area contributed by atoms with Gasteiger partial charge in [0.25, 0.3) is 10.0 Å². The van der Waals surface area contributed by atoms with Crippen LogP contribution >= 0.6 is 11.6 Å². The maximum Gasteiger partial charge on any atom is 0.336 e. The monoisotopic (exact) mass is 326 g/mol. The molecule has 0 atom stereocenters. The fourth-order valence-electron chi connectivity index (χ4n) is 1.79. The highest BCUT2D eigenvalue weighted by atomic mass is 35.5. The lowest BCUT2D eigenvalue weighted by molar-refractivity contribution is 0.0696. The highest BCUT2D eigenvalue weighted by molar-refractivity contribution is 7.92. The lowest BCUT2D eigenvalue weighted by Gasteiger charge is -2.12. The summed E-state index contributed by atoms with van der Waals surface area (Å²) in [7, 11) is -3.95. The number of carbonyl (C=O) groups is 1. The first-order valence-electron chi connectivity index (χ1n) is 5.77. The Hall–Kier alpha value is -2.12. The summed E-state index contributed by atoms with van der Waals surface area (Å²) < 4.78 is 27.1. The third-order valence-corrected chi connectivity index (χ3v) is 4.50. The van der Waals surface area contributed by atoms with Crippen LogP contribution in [0.5, 0.6) is 0 Å². The Balaban J connectivity index is 2.53. The number of sulfonamides is 1. The molecule has 0 amide bonds. The maximum absolute atomic E-state index is 12.4. The van der Waals surface area contributed by atoms with Gasteiger partial charge in [0.15, 0.2) is 0 Å². The molecule has 0 saturated heterocycles. The second kappa shape index (κ2) is 5.71. The van der Waals surface area contributed by atoms with Gasteiger partial charge in [-0.2, -0.15) is 0 Å². The molecule has 0 aliphatic carbocycles. The first kappa shape index (κ1) is 15.3. The third kappa shape index (κ3) is 3.32. The number of pyridine rings is 1. The molecule has 2 N–H and O–H groups in total. The molecule has 0 aliphatic rings. The van der Waals surface area contributed by atoms with Crippen LogP contribution < -0.4 is 4.72 Å². The zero-order chi connectivity index (χ0) is 15.6. The van der Waals surface area contributed by atoms with Crippen molar-refractivity contribution in [3.63, 3.8) is 0 Å². The molecule has 0 unspecified atom stereocenters. The molecule has 1 aromatic carbocycles. The first-order valence-corrected chi connectivity index (χ1v) is 7.63. The summed E-state index contributed by atoms with van der Waals surface area (Å²) in [5, 5.41) is 9.12. The predicted molar refractivity (Wildman–Crippen MR) is 78.2 cm³/mol. The molecule has 6 nitrogen and oxygen atoms in total. The molecule has 0 fully saturated rings. The van der Waals surface area contributed by atoms with E-state index in [1.807, 2.05) is 0 Å². The molecule has 0 bridgehead atoms. The largest absolute Gasteiger partial charge is 0.478 e. The second-order valence-electron chi connectivity index (χ2n) is 4.22. The number of nitrogens with zero attached hydrogens (tertiary/aromatic N) is 1. The Labute approximate surface area is 126 Å². The Morgan fingerprint density at radius 3 is 2.48 bits per heavy atom. The first-order chi connectivity index (χ1) is 9.81. The molecular formula is C13H11ClN2O4S. The van der Waals surface area contributed by atoms with E-state index < -0.39 is 16.0 Å². The molecule has 0 spiro atoms. The summed E-state index contributed by atoms with van der Waals surface area (Å²) in [6, 6.07) is 5.39. The molecular weight excluding hydrogens is 316 g/mol. The van der Waals surface area contributed by atoms with E-state index >= 15 is 0 Å². The predicted octanol–water partition coefficient (Wildman–Crippen LogP) is 2.54. The van der Waals surface area contributed by atoms with Gasteiger partial charge in [-0.15, -0.1) is 0 Å². The summed E-state index contributed by atoms with van der Waals surface area (Å²) in [6.45, 7) is 1.42. The van der Waals surface area contributed by atoms with E-state index in [0.29, 0.717) is 5.69 Å². The van der Waals surface area contributed by atoms with Crippen molar-refractivity contribution in [3.05, 3.63) is 52.8 Å². The van der Waals surface area contributed by atoms with Crippen LogP contribution in [0.3, 0.4) is 0 Å². The van der Waals surface area contributed by atoms with E-state index in [4.69, 9.17) is 16.7 Å². The molecule has 0 saturated carbocycles. The van der Waals surface area contributed by atoms with Crippen molar-refractivity contribution in [2.75, 3.05) is 4.72 Å². The van der Waals surface area contributed by atoms with Gasteiger partial charge in [0.05, 0.1) is 16.1 Å². The molecule has 110 valence electrons. The Kier molecular flexibility index (Phi) is 4.15. The van der Waals surface area contributed by atoms with Gasteiger partial charge in [-0.25, -0.2) is 13.2 Å². The number of hydrogen-bond acceptors (Lipinski definition) is 4. The number of rotatable bonds is 4. The molecule has 0 radical (unpaired) electrons. The van der Waals surface area contributed by atoms with E-state index in [0.717, 1.165) is 0 Å². The van der Waals surface area contributed by atoms with E-state index in [2.05, 4.69) is 9.71 Å². The van der Waals surface area contributed by atoms with Gasteiger partial charge in [0.1, 0.15) is 0 Å². The van der Waals surface area contributed by atoms with Crippen LogP contribution in [-0.4, -0.2) is 24.5 Å². The number of hydrogen-bond donors (Lipinski definition) is 2. The van der Waals surface area contributed by atoms with Crippen LogP contribution in [0.15, 0.2) is 41.6 Å². The van der Waals surface area contributed by atoms with E-state index in [9.17, 15) is 13.2 Å². The van der Waals surface area contributed by atoms with Gasteiger partial charge in [-0.05, 0) is 36.8 Å². The molecule has 1 aromatic heterocycles. The minimum atomic E-state index is -3.95. The van der Waals surface area contributed by atoms with Crippen molar-refractivity contribution in [2.45, 2.75) is 11.8 Å². The van der Waals surface area contributed by atoms with Crippen LogP contribution in [0.25, 0.3) is 0 Å². The minimum Gasteiger partial charge on any atom is -0.478 e. The van der Waals surface area contributed by atoms with Gasteiger partial charge in [-0.1, -0.05) is 11.6 Å². The van der Waals surface area contributed by atoms with E-state index in [-0.39, 0.29) is 21.0 Å². The topological polar surface area (TPSA) is 96.4 Å². The van der Waals surface area contributed by atoms with Crippen LogP contribution in [0.4, 0.5) is 5.69 Å². The van der Waals surface area contributed by atoms with Crippen LogP contribution in [0.1, 0.15) is 15.9 Å². The molecule has 21 heavy (non-hydrogen) atoms. The molecule has 2 rings (SSSR count). The van der Waals surface area contributed by atoms with Crippen molar-refractivity contribution in [2.24, 2.45) is 0 Å². The standard InChI is InChI=1S/C13H11ClN2O4S/c1-8-11(13(17)18)6-9(14)7-12(8)21(19,20)16-10-2-4-15-5-3-10/h2-7H,1H3,(H,15,16)(H,17,18). The van der Waals surface area contributed by atoms with Gasteiger partial charge >= 0.3 is 5.97 Å². The number of carboxylic acid groups (broad SMARTS) is 1. The Bertz CT molecular complexity index is 791. The minimum absolute atomic E-state index is 0.0353. The molecule has 2 aromatic rings. The summed E-state index contributed by atoms with van der Waals surface area (Å²) in [4.78, 5) is 14.7. The summed E-state index contributed by atoms with van der Waals surface area (Å²) in [5.41, 5.74) is 0.285. The highest BCUT2D eigenvalue weighted by Crippen LogP contribution is 2.26. The van der Waals surface area contributed by atoms with Crippen molar-refractivity contribution < 1.29 is 18.3 Å². The van der Waals surface area contributed by atoms with Gasteiger partial charge in [0, 0.05) is 17.4 Å². The number of halogens is 1. The lowest BCUT2D eigenvalue weighted by atomic mass is 10.1. The van der Waals surface area contributed by atoms with Crippen LogP contribution in [-0.2, 0) is 10.0 Å². The maximum atomic E-state index is 12.4. The van der Waals surface area contributed by atoms with Gasteiger partial charge < -0.3 is 5.11 Å². The van der Waals surface area contributed by atoms with Gasteiger partial charge in [0.2, 0.25) is 0 Å². The smallest absolute Gasteiger partial charge is 0.336 e. The number of aromatic nitrogens is 1. The summed E-state index contributed by atoms with van der Waals surface area (Å²) in [5.74, 6) is -1.24. The lowest BCUT2D eigenvalue weighted by Crippen LogP contribution is -2.16. The fourth-order valence-corrected chi connectivity index (χ4v) is 3.42. The SMILES string of the molecule is Cc1c(C(=O)O)cc(Cl)cc1S(=O)(=O)Nc1ccncc1. The Morgan fingerprint density at radius 1 is 1.29 bits per heavy atom. The van der Waals surface area contributed by atoms with Crippen molar-refractivity contribution in [1.29, 1.82) is 0 Å². The number of carboxylic acids is 1. The van der Waals surface area contributed by atoms with Crippen molar-refractivity contribution in [1.82, 2.24) is 4.98 Å². The van der Waals surface area contributed by atoms with Crippen molar-refractivity contribution in [3.8, 4) is 0 Å². The average molecular weight is 327 g/mol. The van der Waals surface area contributed by atoms with Gasteiger partial charge in [-0.3, -0.25) is 9.71 Å². The van der Waals surface area contributed by atoms with Crippen molar-refractivity contribution >= 4 is 33.3 Å².